The molecule has 0 unspecified atom stereocenters. The van der Waals surface area contributed by atoms with Crippen LogP contribution >= 0.6 is 22.6 Å². The van der Waals surface area contributed by atoms with Crippen LogP contribution in [0.4, 0.5) is 4.39 Å². The van der Waals surface area contributed by atoms with Crippen molar-refractivity contribution in [2.24, 2.45) is 5.92 Å². The van der Waals surface area contributed by atoms with Gasteiger partial charge in [0.2, 0.25) is 0 Å². The predicted octanol–water partition coefficient (Wildman–Crippen LogP) is 3.07. The molecule has 0 aliphatic rings. The monoisotopic (exact) mass is 286 g/mol. The quantitative estimate of drug-likeness (QED) is 0.344. The van der Waals surface area contributed by atoms with Crippen LogP contribution in [0.1, 0.15) is 26.2 Å². The van der Waals surface area contributed by atoms with E-state index in [1.54, 1.807) is 0 Å². The van der Waals surface area contributed by atoms with Crippen LogP contribution in [-0.2, 0) is 0 Å². The standard InChI is InChI=1S/C9H16FIO/c1-8(9(11)12)6-4-2-3-5-7-10/h2,4,8-9,12H,3,5-7H2,1H3/b4-2+/t8-,9-/m1/s1. The average molecular weight is 286 g/mol. The molecule has 0 saturated heterocycles. The molecule has 0 aliphatic heterocycles. The van der Waals surface area contributed by atoms with E-state index in [-0.39, 0.29) is 16.7 Å². The van der Waals surface area contributed by atoms with E-state index in [2.05, 4.69) is 0 Å². The van der Waals surface area contributed by atoms with E-state index in [1.165, 1.54) is 0 Å². The molecule has 0 aromatic rings. The Hall–Kier alpha value is 0.360. The lowest BCUT2D eigenvalue weighted by Gasteiger charge is -2.09. The van der Waals surface area contributed by atoms with Gasteiger partial charge in [-0.15, -0.1) is 0 Å². The van der Waals surface area contributed by atoms with Gasteiger partial charge in [-0.05, 0) is 25.2 Å². The first-order valence-corrected chi connectivity index (χ1v) is 5.46. The highest BCUT2D eigenvalue weighted by atomic mass is 127. The van der Waals surface area contributed by atoms with Gasteiger partial charge in [-0.2, -0.15) is 0 Å². The zero-order chi connectivity index (χ0) is 9.40. The third kappa shape index (κ3) is 7.03. The van der Waals surface area contributed by atoms with Gasteiger partial charge in [0.25, 0.3) is 0 Å². The molecule has 0 aromatic heterocycles. The number of hydrogen-bond acceptors (Lipinski definition) is 1. The Labute approximate surface area is 87.2 Å². The smallest absolute Gasteiger partial charge is 0.108 e. The zero-order valence-corrected chi connectivity index (χ0v) is 9.50. The van der Waals surface area contributed by atoms with Crippen LogP contribution in [0.15, 0.2) is 12.2 Å². The summed E-state index contributed by atoms with van der Waals surface area (Å²) >= 11 is 2.00. The molecule has 3 heteroatoms. The normalized spacial score (nSPS) is 16.7. The fourth-order valence-corrected chi connectivity index (χ4v) is 1.03. The molecule has 12 heavy (non-hydrogen) atoms. The summed E-state index contributed by atoms with van der Waals surface area (Å²) in [4.78, 5) is 0. The van der Waals surface area contributed by atoms with E-state index in [9.17, 15) is 4.39 Å². The van der Waals surface area contributed by atoms with E-state index < -0.39 is 0 Å². The van der Waals surface area contributed by atoms with Gasteiger partial charge in [0, 0.05) is 0 Å². The van der Waals surface area contributed by atoms with Crippen LogP contribution in [0.25, 0.3) is 0 Å². The fourth-order valence-electron chi connectivity index (χ4n) is 0.736. The van der Waals surface area contributed by atoms with Crippen molar-refractivity contribution in [3.63, 3.8) is 0 Å². The molecular weight excluding hydrogens is 270 g/mol. The molecule has 1 N–H and O–H groups in total. The largest absolute Gasteiger partial charge is 0.382 e. The molecule has 0 amide bonds. The molecule has 0 fully saturated rings. The number of rotatable bonds is 6. The van der Waals surface area contributed by atoms with E-state index >= 15 is 0 Å². The highest BCUT2D eigenvalue weighted by molar-refractivity contribution is 14.1. The molecule has 0 aliphatic carbocycles. The molecule has 72 valence electrons. The summed E-state index contributed by atoms with van der Waals surface area (Å²) in [5.41, 5.74) is 0. The lowest BCUT2D eigenvalue weighted by atomic mass is 10.1. The summed E-state index contributed by atoms with van der Waals surface area (Å²) in [5.74, 6) is 0.284. The minimum absolute atomic E-state index is 0.241. The van der Waals surface area contributed by atoms with Crippen molar-refractivity contribution in [3.05, 3.63) is 12.2 Å². The number of unbranched alkanes of at least 4 members (excludes halogenated alkanes) is 1. The second-order valence-corrected chi connectivity index (χ2v) is 4.16. The van der Waals surface area contributed by atoms with Crippen LogP contribution in [-0.4, -0.2) is 15.9 Å². The summed E-state index contributed by atoms with van der Waals surface area (Å²) in [6.07, 6.45) is 6.28. The maximum atomic E-state index is 11.6. The van der Waals surface area contributed by atoms with Gasteiger partial charge >= 0.3 is 0 Å². The van der Waals surface area contributed by atoms with Crippen molar-refractivity contribution in [1.82, 2.24) is 0 Å². The topological polar surface area (TPSA) is 20.2 Å². The lowest BCUT2D eigenvalue weighted by Crippen LogP contribution is -2.07. The van der Waals surface area contributed by atoms with Gasteiger partial charge in [-0.1, -0.05) is 41.7 Å². The van der Waals surface area contributed by atoms with Crippen LogP contribution in [0.3, 0.4) is 0 Å². The van der Waals surface area contributed by atoms with E-state index in [4.69, 9.17) is 5.11 Å². The number of alkyl halides is 2. The van der Waals surface area contributed by atoms with Gasteiger partial charge in [0.15, 0.2) is 0 Å². The van der Waals surface area contributed by atoms with Gasteiger partial charge in [0.05, 0.1) is 6.67 Å². The van der Waals surface area contributed by atoms with Crippen LogP contribution in [0, 0.1) is 5.92 Å². The summed E-state index contributed by atoms with van der Waals surface area (Å²) in [6.45, 7) is 1.76. The first kappa shape index (κ1) is 12.4. The second kappa shape index (κ2) is 7.98. The van der Waals surface area contributed by atoms with E-state index in [0.717, 1.165) is 12.8 Å². The first-order chi connectivity index (χ1) is 5.68. The average Bonchev–Trinajstić information content (AvgIpc) is 2.03. The summed E-state index contributed by atoms with van der Waals surface area (Å²) in [6, 6.07) is 0. The van der Waals surface area contributed by atoms with Gasteiger partial charge in [-0.3, -0.25) is 4.39 Å². The number of allylic oxidation sites excluding steroid dienone is 2. The van der Waals surface area contributed by atoms with Gasteiger partial charge in [-0.25, -0.2) is 0 Å². The van der Waals surface area contributed by atoms with Gasteiger partial charge in [0.1, 0.15) is 4.11 Å². The first-order valence-electron chi connectivity index (χ1n) is 4.21. The van der Waals surface area contributed by atoms with Crippen LogP contribution in [0.2, 0.25) is 0 Å². The zero-order valence-electron chi connectivity index (χ0n) is 7.34. The molecule has 0 rings (SSSR count). The van der Waals surface area contributed by atoms with Crippen LogP contribution < -0.4 is 0 Å². The number of aliphatic hydroxyl groups excluding tert-OH is 1. The molecule has 0 spiro atoms. The Morgan fingerprint density at radius 1 is 1.50 bits per heavy atom. The highest BCUT2D eigenvalue weighted by Gasteiger charge is 2.06. The Bertz CT molecular complexity index is 126. The maximum absolute atomic E-state index is 11.6. The lowest BCUT2D eigenvalue weighted by molar-refractivity contribution is 0.219. The third-order valence-corrected chi connectivity index (χ3v) is 2.88. The summed E-state index contributed by atoms with van der Waals surface area (Å²) in [7, 11) is 0. The predicted molar refractivity (Wildman–Crippen MR) is 58.2 cm³/mol. The van der Waals surface area contributed by atoms with Crippen molar-refractivity contribution in [3.8, 4) is 0 Å². The van der Waals surface area contributed by atoms with Crippen molar-refractivity contribution >= 4 is 22.6 Å². The molecule has 0 heterocycles. The Balaban J connectivity index is 3.33. The van der Waals surface area contributed by atoms with E-state index in [1.807, 2.05) is 41.7 Å². The SMILES string of the molecule is C[C@H](C/C=C/CCCF)[C@@H](O)I. The van der Waals surface area contributed by atoms with Crippen molar-refractivity contribution in [2.45, 2.75) is 30.3 Å². The third-order valence-electron chi connectivity index (χ3n) is 1.65. The molecule has 0 radical (unpaired) electrons. The molecule has 1 nitrogen and oxygen atoms in total. The second-order valence-electron chi connectivity index (χ2n) is 2.89. The fraction of sp³-hybridized carbons (Fsp3) is 0.778. The van der Waals surface area contributed by atoms with Crippen molar-refractivity contribution < 1.29 is 9.50 Å². The van der Waals surface area contributed by atoms with E-state index in [0.29, 0.717) is 6.42 Å². The minimum atomic E-state index is -0.284. The molecule has 2 atom stereocenters. The Morgan fingerprint density at radius 3 is 2.67 bits per heavy atom. The summed E-state index contributed by atoms with van der Waals surface area (Å²) < 4.78 is 11.3. The molecule has 0 bridgehead atoms. The Morgan fingerprint density at radius 2 is 2.17 bits per heavy atom. The number of halogens is 2. The molecule has 0 aromatic carbocycles. The maximum Gasteiger partial charge on any atom is 0.108 e. The molecule has 0 saturated carbocycles. The summed E-state index contributed by atoms with van der Waals surface area (Å²) in [5, 5.41) is 9.12. The Kier molecular flexibility index (Phi) is 8.22. The highest BCUT2D eigenvalue weighted by Crippen LogP contribution is 2.14. The molecular formula is C9H16FIO. The number of hydrogen-bond donors (Lipinski definition) is 1. The van der Waals surface area contributed by atoms with Gasteiger partial charge < -0.3 is 5.11 Å². The number of aliphatic hydroxyl groups is 1. The van der Waals surface area contributed by atoms with Crippen molar-refractivity contribution in [1.29, 1.82) is 0 Å². The minimum Gasteiger partial charge on any atom is -0.382 e. The van der Waals surface area contributed by atoms with Crippen molar-refractivity contribution in [2.75, 3.05) is 6.67 Å². The van der Waals surface area contributed by atoms with Crippen LogP contribution in [0.5, 0.6) is 0 Å².